The molecular weight excluding hydrogens is 503 g/mol. The van der Waals surface area contributed by atoms with E-state index in [0.29, 0.717) is 20.8 Å². The summed E-state index contributed by atoms with van der Waals surface area (Å²) in [5, 5.41) is 3.43. The molecule has 1 heterocycles. The van der Waals surface area contributed by atoms with Crippen LogP contribution in [0.5, 0.6) is 0 Å². The first-order chi connectivity index (χ1) is 16.3. The fraction of sp³-hybridized carbons (Fsp3) is 0.115. The zero-order valence-electron chi connectivity index (χ0n) is 18.4. The maximum atomic E-state index is 14.0. The number of anilines is 1. The third kappa shape index (κ3) is 4.63. The van der Waals surface area contributed by atoms with E-state index >= 15 is 0 Å². The highest BCUT2D eigenvalue weighted by Gasteiger charge is 2.23. The number of carbonyl (C=O) groups is 2. The molecule has 34 heavy (non-hydrogen) atoms. The van der Waals surface area contributed by atoms with Crippen LogP contribution in [0.1, 0.15) is 16.1 Å². The minimum Gasteiger partial charge on any atom is -0.451 e. The number of aryl methyl sites for hydroxylation is 1. The number of hydrogen-bond acceptors (Lipinski definition) is 4. The molecule has 0 spiro atoms. The molecule has 8 heteroatoms. The Hall–Kier alpha value is -3.78. The molecule has 0 aliphatic rings. The molecule has 172 valence electrons. The fourth-order valence-corrected chi connectivity index (χ4v) is 4.03. The molecule has 1 aromatic heterocycles. The number of ether oxygens (including phenoxy) is 1. The molecule has 0 unspecified atom stereocenters. The van der Waals surface area contributed by atoms with Crippen molar-refractivity contribution < 1.29 is 18.7 Å². The number of benzene rings is 3. The van der Waals surface area contributed by atoms with Gasteiger partial charge in [-0.3, -0.25) is 9.59 Å². The van der Waals surface area contributed by atoms with Gasteiger partial charge in [-0.05, 0) is 42.1 Å². The maximum absolute atomic E-state index is 14.0. The molecule has 0 radical (unpaired) electrons. The Morgan fingerprint density at radius 3 is 2.38 bits per heavy atom. The summed E-state index contributed by atoms with van der Waals surface area (Å²) >= 11 is 3.15. The van der Waals surface area contributed by atoms with Crippen molar-refractivity contribution in [3.05, 3.63) is 98.6 Å². The van der Waals surface area contributed by atoms with Crippen LogP contribution in [0.2, 0.25) is 0 Å². The number of fused-ring (bicyclic) bond motifs is 1. The van der Waals surface area contributed by atoms with Crippen LogP contribution in [-0.2, 0) is 16.6 Å². The quantitative estimate of drug-likeness (QED) is 0.365. The first-order valence-electron chi connectivity index (χ1n) is 10.4. The van der Waals surface area contributed by atoms with Gasteiger partial charge >= 0.3 is 5.97 Å². The van der Waals surface area contributed by atoms with Crippen LogP contribution < -0.4 is 10.9 Å². The Morgan fingerprint density at radius 1 is 1.03 bits per heavy atom. The lowest BCUT2D eigenvalue weighted by Crippen LogP contribution is -2.28. The predicted octanol–water partition coefficient (Wildman–Crippen LogP) is 5.21. The van der Waals surface area contributed by atoms with E-state index in [0.717, 1.165) is 11.1 Å². The molecule has 0 saturated heterocycles. The van der Waals surface area contributed by atoms with Crippen LogP contribution >= 0.6 is 15.9 Å². The zero-order valence-corrected chi connectivity index (χ0v) is 20.0. The predicted molar refractivity (Wildman–Crippen MR) is 132 cm³/mol. The second-order valence-electron chi connectivity index (χ2n) is 7.75. The van der Waals surface area contributed by atoms with Crippen LogP contribution in [0.15, 0.2) is 76.0 Å². The van der Waals surface area contributed by atoms with E-state index in [4.69, 9.17) is 4.74 Å². The van der Waals surface area contributed by atoms with Gasteiger partial charge in [0.1, 0.15) is 11.5 Å². The summed E-state index contributed by atoms with van der Waals surface area (Å²) in [6, 6.07) is 18.7. The molecule has 0 aliphatic heterocycles. The first kappa shape index (κ1) is 23.4. The van der Waals surface area contributed by atoms with Gasteiger partial charge in [0.25, 0.3) is 11.5 Å². The number of pyridine rings is 1. The fourth-order valence-electron chi connectivity index (χ4n) is 3.69. The molecule has 6 nitrogen and oxygen atoms in total. The number of aromatic nitrogens is 1. The van der Waals surface area contributed by atoms with Crippen molar-refractivity contribution in [2.45, 2.75) is 6.92 Å². The second-order valence-corrected chi connectivity index (χ2v) is 8.66. The normalized spacial score (nSPS) is 10.8. The van der Waals surface area contributed by atoms with Gasteiger partial charge in [-0.1, -0.05) is 64.0 Å². The van der Waals surface area contributed by atoms with Crippen molar-refractivity contribution in [1.82, 2.24) is 4.57 Å². The summed E-state index contributed by atoms with van der Waals surface area (Å²) in [6.45, 7) is 1.30. The SMILES string of the molecule is Cc1ccc(-c2c(C(=O)OCC(=O)Nc3ccc(Br)cc3F)n(C)c(=O)c3ccccc23)cc1. The highest BCUT2D eigenvalue weighted by atomic mass is 79.9. The lowest BCUT2D eigenvalue weighted by atomic mass is 9.96. The van der Waals surface area contributed by atoms with Crippen LogP contribution in [0.4, 0.5) is 10.1 Å². The molecule has 0 bridgehead atoms. The van der Waals surface area contributed by atoms with Crippen LogP contribution in [0, 0.1) is 12.7 Å². The molecule has 0 aliphatic carbocycles. The number of amides is 1. The molecule has 0 saturated carbocycles. The van der Waals surface area contributed by atoms with E-state index in [1.54, 1.807) is 30.3 Å². The van der Waals surface area contributed by atoms with Gasteiger partial charge in [0.05, 0.1) is 5.69 Å². The molecule has 0 atom stereocenters. The minimum atomic E-state index is -0.840. The van der Waals surface area contributed by atoms with Crippen molar-refractivity contribution >= 4 is 44.3 Å². The topological polar surface area (TPSA) is 77.4 Å². The maximum Gasteiger partial charge on any atom is 0.356 e. The third-order valence-electron chi connectivity index (χ3n) is 5.38. The Balaban J connectivity index is 1.69. The third-order valence-corrected chi connectivity index (χ3v) is 5.87. The number of carbonyl (C=O) groups excluding carboxylic acids is 2. The Kier molecular flexibility index (Phi) is 6.61. The molecule has 1 amide bonds. The van der Waals surface area contributed by atoms with Crippen LogP contribution in [0.3, 0.4) is 0 Å². The van der Waals surface area contributed by atoms with Gasteiger partial charge in [0.2, 0.25) is 0 Å². The average molecular weight is 523 g/mol. The lowest BCUT2D eigenvalue weighted by Gasteiger charge is -2.17. The van der Waals surface area contributed by atoms with Crippen molar-refractivity contribution in [2.75, 3.05) is 11.9 Å². The van der Waals surface area contributed by atoms with Gasteiger partial charge in [-0.25, -0.2) is 9.18 Å². The molecule has 0 fully saturated rings. The van der Waals surface area contributed by atoms with E-state index in [9.17, 15) is 18.8 Å². The summed E-state index contributed by atoms with van der Waals surface area (Å²) in [6.07, 6.45) is 0. The molecule has 3 aromatic carbocycles. The van der Waals surface area contributed by atoms with E-state index in [1.807, 2.05) is 31.2 Å². The van der Waals surface area contributed by atoms with E-state index in [2.05, 4.69) is 21.2 Å². The van der Waals surface area contributed by atoms with Gasteiger partial charge < -0.3 is 14.6 Å². The Bertz CT molecular complexity index is 1480. The first-order valence-corrected chi connectivity index (χ1v) is 11.2. The minimum absolute atomic E-state index is 0.0233. The Labute approximate surface area is 203 Å². The largest absolute Gasteiger partial charge is 0.451 e. The number of nitrogens with one attached hydrogen (secondary N) is 1. The standard InChI is InChI=1S/C26H20BrFN2O4/c1-15-7-9-16(10-8-15)23-18-5-3-4-6-19(18)25(32)30(2)24(23)26(33)34-14-22(31)29-21-12-11-17(27)13-20(21)28/h3-13H,14H2,1-2H3,(H,29,31). The molecule has 1 N–H and O–H groups in total. The number of nitrogens with zero attached hydrogens (tertiary/aromatic N) is 1. The van der Waals surface area contributed by atoms with Crippen molar-refractivity contribution in [3.8, 4) is 11.1 Å². The highest BCUT2D eigenvalue weighted by Crippen LogP contribution is 2.31. The number of esters is 1. The lowest BCUT2D eigenvalue weighted by molar-refractivity contribution is -0.119. The van der Waals surface area contributed by atoms with Crippen LogP contribution in [-0.4, -0.2) is 23.1 Å². The Morgan fingerprint density at radius 2 is 1.71 bits per heavy atom. The smallest absolute Gasteiger partial charge is 0.356 e. The summed E-state index contributed by atoms with van der Waals surface area (Å²) in [4.78, 5) is 38.4. The highest BCUT2D eigenvalue weighted by molar-refractivity contribution is 9.10. The summed E-state index contributed by atoms with van der Waals surface area (Å²) in [5.74, 6) is -2.18. The van der Waals surface area contributed by atoms with Crippen LogP contribution in [0.25, 0.3) is 21.9 Å². The number of hydrogen-bond donors (Lipinski definition) is 1. The summed E-state index contributed by atoms with van der Waals surface area (Å²) in [7, 11) is 1.49. The van der Waals surface area contributed by atoms with Gasteiger partial charge in [0.15, 0.2) is 6.61 Å². The summed E-state index contributed by atoms with van der Waals surface area (Å²) in [5.41, 5.74) is 1.92. The van der Waals surface area contributed by atoms with Crippen molar-refractivity contribution in [3.63, 3.8) is 0 Å². The molecular formula is C26H20BrFN2O4. The van der Waals surface area contributed by atoms with Gasteiger partial charge in [-0.15, -0.1) is 0 Å². The number of halogens is 2. The van der Waals surface area contributed by atoms with E-state index in [-0.39, 0.29) is 16.9 Å². The molecule has 4 rings (SSSR count). The number of rotatable bonds is 5. The average Bonchev–Trinajstić information content (AvgIpc) is 2.82. The van der Waals surface area contributed by atoms with Crippen molar-refractivity contribution in [2.24, 2.45) is 7.05 Å². The van der Waals surface area contributed by atoms with Gasteiger partial charge in [-0.2, -0.15) is 0 Å². The van der Waals surface area contributed by atoms with E-state index < -0.39 is 24.3 Å². The van der Waals surface area contributed by atoms with Crippen molar-refractivity contribution in [1.29, 1.82) is 0 Å². The second kappa shape index (κ2) is 9.61. The molecule has 4 aromatic rings. The monoisotopic (exact) mass is 522 g/mol. The summed E-state index contributed by atoms with van der Waals surface area (Å²) < 4.78 is 21.0. The van der Waals surface area contributed by atoms with E-state index in [1.165, 1.54) is 23.7 Å². The van der Waals surface area contributed by atoms with Gasteiger partial charge in [0, 0.05) is 22.5 Å². The zero-order chi connectivity index (χ0) is 24.4.